The predicted molar refractivity (Wildman–Crippen MR) is 80.9 cm³/mol. The van der Waals surface area contributed by atoms with Gasteiger partial charge in [-0.2, -0.15) is 0 Å². The molecule has 1 saturated heterocycles. The molecule has 20 heavy (non-hydrogen) atoms. The van der Waals surface area contributed by atoms with E-state index < -0.39 is 5.97 Å². The van der Waals surface area contributed by atoms with Gasteiger partial charge in [-0.05, 0) is 62.8 Å². The lowest BCUT2D eigenvalue weighted by Crippen LogP contribution is -2.36. The van der Waals surface area contributed by atoms with Crippen LogP contribution in [0.25, 0.3) is 0 Å². The Morgan fingerprint density at radius 1 is 1.30 bits per heavy atom. The van der Waals surface area contributed by atoms with Crippen LogP contribution in [0.1, 0.15) is 41.5 Å². The minimum atomic E-state index is -0.667. The van der Waals surface area contributed by atoms with E-state index in [1.807, 2.05) is 0 Å². The lowest BCUT2D eigenvalue weighted by Gasteiger charge is -2.33. The Kier molecular flexibility index (Phi) is 4.81. The third-order valence-corrected chi connectivity index (χ3v) is 4.29. The van der Waals surface area contributed by atoms with E-state index in [9.17, 15) is 4.79 Å². The Morgan fingerprint density at radius 3 is 2.55 bits per heavy atom. The van der Waals surface area contributed by atoms with Crippen molar-refractivity contribution in [1.82, 2.24) is 4.90 Å². The zero-order chi connectivity index (χ0) is 14.7. The molecule has 0 radical (unpaired) electrons. The third kappa shape index (κ3) is 3.83. The summed E-state index contributed by atoms with van der Waals surface area (Å²) in [4.78, 5) is 13.3. The summed E-state index contributed by atoms with van der Waals surface area (Å²) in [6.07, 6.45) is 2.47. The van der Waals surface area contributed by atoms with E-state index in [0.717, 1.165) is 32.5 Å². The highest BCUT2D eigenvalue weighted by molar-refractivity contribution is 5.67. The van der Waals surface area contributed by atoms with Crippen molar-refractivity contribution in [3.8, 4) is 0 Å². The number of aliphatic carboxylic acids is 1. The molecule has 0 amide bonds. The molecule has 3 heteroatoms. The summed E-state index contributed by atoms with van der Waals surface area (Å²) in [5.74, 6) is -0.355. The van der Waals surface area contributed by atoms with Crippen LogP contribution in [-0.2, 0) is 11.3 Å². The highest BCUT2D eigenvalue weighted by Crippen LogP contribution is 2.24. The monoisotopic (exact) mass is 275 g/mol. The lowest BCUT2D eigenvalue weighted by atomic mass is 9.93. The molecule has 0 bridgehead atoms. The first-order valence-electron chi connectivity index (χ1n) is 7.46. The fourth-order valence-corrected chi connectivity index (χ4v) is 3.39. The Morgan fingerprint density at radius 2 is 1.95 bits per heavy atom. The smallest absolute Gasteiger partial charge is 0.303 e. The maximum atomic E-state index is 10.9. The van der Waals surface area contributed by atoms with Crippen molar-refractivity contribution < 1.29 is 9.90 Å². The standard InChI is InChI=1S/C17H25NO2/c1-12-7-13(2)16(14(3)8-12)11-18-6-4-5-15(10-18)9-17(19)20/h7-8,15H,4-6,9-11H2,1-3H3,(H,19,20). The molecule has 3 nitrogen and oxygen atoms in total. The second-order valence-corrected chi connectivity index (χ2v) is 6.22. The molecule has 1 aliphatic rings. The summed E-state index contributed by atoms with van der Waals surface area (Å²) in [5, 5.41) is 8.94. The molecule has 1 aromatic rings. The molecule has 0 saturated carbocycles. The number of hydrogen-bond donors (Lipinski definition) is 1. The maximum absolute atomic E-state index is 10.9. The van der Waals surface area contributed by atoms with Crippen molar-refractivity contribution in [1.29, 1.82) is 0 Å². The van der Waals surface area contributed by atoms with Crippen LogP contribution < -0.4 is 0 Å². The number of piperidine rings is 1. The number of carbonyl (C=O) groups is 1. The third-order valence-electron chi connectivity index (χ3n) is 4.29. The molecule has 1 atom stereocenters. The van der Waals surface area contributed by atoms with Crippen LogP contribution in [0.15, 0.2) is 12.1 Å². The molecule has 0 spiro atoms. The van der Waals surface area contributed by atoms with Gasteiger partial charge >= 0.3 is 5.97 Å². The quantitative estimate of drug-likeness (QED) is 0.916. The fraction of sp³-hybridized carbons (Fsp3) is 0.588. The van der Waals surface area contributed by atoms with Crippen molar-refractivity contribution in [3.63, 3.8) is 0 Å². The first kappa shape index (κ1) is 15.0. The Bertz CT molecular complexity index is 473. The molecule has 1 aliphatic heterocycles. The molecule has 0 aliphatic carbocycles. The largest absolute Gasteiger partial charge is 0.481 e. The summed E-state index contributed by atoms with van der Waals surface area (Å²) in [6.45, 7) is 9.44. The number of aryl methyl sites for hydroxylation is 3. The predicted octanol–water partition coefficient (Wildman–Crippen LogP) is 3.30. The van der Waals surface area contributed by atoms with Crippen LogP contribution in [0.4, 0.5) is 0 Å². The first-order valence-corrected chi connectivity index (χ1v) is 7.46. The average Bonchev–Trinajstić information content (AvgIpc) is 2.33. The normalized spacial score (nSPS) is 20.1. The maximum Gasteiger partial charge on any atom is 0.303 e. The van der Waals surface area contributed by atoms with Gasteiger partial charge in [0.15, 0.2) is 0 Å². The van der Waals surface area contributed by atoms with Gasteiger partial charge in [0.25, 0.3) is 0 Å². The van der Waals surface area contributed by atoms with E-state index in [1.54, 1.807) is 0 Å². The SMILES string of the molecule is Cc1cc(C)c(CN2CCCC(CC(=O)O)C2)c(C)c1. The summed E-state index contributed by atoms with van der Waals surface area (Å²) < 4.78 is 0. The van der Waals surface area contributed by atoms with Gasteiger partial charge in [0, 0.05) is 19.5 Å². The molecule has 2 rings (SSSR count). The van der Waals surface area contributed by atoms with Crippen molar-refractivity contribution in [2.24, 2.45) is 5.92 Å². The second kappa shape index (κ2) is 6.40. The first-order chi connectivity index (χ1) is 9.45. The lowest BCUT2D eigenvalue weighted by molar-refractivity contribution is -0.138. The minimum Gasteiger partial charge on any atom is -0.481 e. The molecule has 1 fully saturated rings. The number of hydrogen-bond acceptors (Lipinski definition) is 2. The Balaban J connectivity index is 2.04. The molecule has 1 aromatic carbocycles. The van der Waals surface area contributed by atoms with Crippen LogP contribution in [0.2, 0.25) is 0 Å². The molecule has 1 heterocycles. The molecule has 1 unspecified atom stereocenters. The van der Waals surface area contributed by atoms with Gasteiger partial charge in [0.1, 0.15) is 0 Å². The second-order valence-electron chi connectivity index (χ2n) is 6.22. The number of benzene rings is 1. The molecular formula is C17H25NO2. The van der Waals surface area contributed by atoms with Crippen molar-refractivity contribution >= 4 is 5.97 Å². The number of likely N-dealkylation sites (tertiary alicyclic amines) is 1. The number of carboxylic acids is 1. The van der Waals surface area contributed by atoms with Gasteiger partial charge in [-0.1, -0.05) is 17.7 Å². The van der Waals surface area contributed by atoms with Crippen LogP contribution in [0.3, 0.4) is 0 Å². The van der Waals surface area contributed by atoms with Crippen molar-refractivity contribution in [2.75, 3.05) is 13.1 Å². The molecule has 0 aromatic heterocycles. The Hall–Kier alpha value is -1.35. The van der Waals surface area contributed by atoms with Gasteiger partial charge < -0.3 is 5.11 Å². The van der Waals surface area contributed by atoms with E-state index in [1.165, 1.54) is 22.3 Å². The van der Waals surface area contributed by atoms with Gasteiger partial charge in [-0.25, -0.2) is 0 Å². The van der Waals surface area contributed by atoms with Crippen molar-refractivity contribution in [3.05, 3.63) is 34.4 Å². The van der Waals surface area contributed by atoms with Crippen LogP contribution >= 0.6 is 0 Å². The van der Waals surface area contributed by atoms with Gasteiger partial charge in [0.05, 0.1) is 0 Å². The zero-order valence-electron chi connectivity index (χ0n) is 12.8. The highest BCUT2D eigenvalue weighted by atomic mass is 16.4. The van der Waals surface area contributed by atoms with E-state index in [0.29, 0.717) is 12.3 Å². The molecule has 110 valence electrons. The molecular weight excluding hydrogens is 250 g/mol. The summed E-state index contributed by atoms with van der Waals surface area (Å²) >= 11 is 0. The van der Waals surface area contributed by atoms with E-state index in [-0.39, 0.29) is 0 Å². The van der Waals surface area contributed by atoms with Gasteiger partial charge in [0.2, 0.25) is 0 Å². The van der Waals surface area contributed by atoms with E-state index in [4.69, 9.17) is 5.11 Å². The van der Waals surface area contributed by atoms with Crippen LogP contribution in [-0.4, -0.2) is 29.1 Å². The summed E-state index contributed by atoms with van der Waals surface area (Å²) in [7, 11) is 0. The van der Waals surface area contributed by atoms with E-state index >= 15 is 0 Å². The summed E-state index contributed by atoms with van der Waals surface area (Å²) in [5.41, 5.74) is 5.42. The zero-order valence-corrected chi connectivity index (χ0v) is 12.8. The highest BCUT2D eigenvalue weighted by Gasteiger charge is 2.22. The molecule has 1 N–H and O–H groups in total. The number of nitrogens with zero attached hydrogens (tertiary/aromatic N) is 1. The topological polar surface area (TPSA) is 40.5 Å². The van der Waals surface area contributed by atoms with Gasteiger partial charge in [-0.3, -0.25) is 9.69 Å². The summed E-state index contributed by atoms with van der Waals surface area (Å²) in [6, 6.07) is 4.47. The van der Waals surface area contributed by atoms with Crippen LogP contribution in [0, 0.1) is 26.7 Å². The van der Waals surface area contributed by atoms with Gasteiger partial charge in [-0.15, -0.1) is 0 Å². The Labute approximate surface area is 121 Å². The van der Waals surface area contributed by atoms with Crippen LogP contribution in [0.5, 0.6) is 0 Å². The number of carboxylic acid groups (broad SMARTS) is 1. The average molecular weight is 275 g/mol. The van der Waals surface area contributed by atoms with E-state index in [2.05, 4.69) is 37.8 Å². The number of rotatable bonds is 4. The van der Waals surface area contributed by atoms with Crippen molar-refractivity contribution in [2.45, 2.75) is 46.6 Å². The fourth-order valence-electron chi connectivity index (χ4n) is 3.39. The minimum absolute atomic E-state index is 0.308.